The third-order valence-electron chi connectivity index (χ3n) is 6.60. The van der Waals surface area contributed by atoms with Crippen molar-refractivity contribution in [2.24, 2.45) is 0 Å². The van der Waals surface area contributed by atoms with E-state index in [-0.39, 0.29) is 24.5 Å². The van der Waals surface area contributed by atoms with Gasteiger partial charge in [0.05, 0.1) is 13.2 Å². The number of carbonyl (C=O) groups is 2. The molecular weight excluding hydrogens is 392 g/mol. The molecule has 0 spiro atoms. The van der Waals surface area contributed by atoms with E-state index in [2.05, 4.69) is 37.4 Å². The van der Waals surface area contributed by atoms with E-state index in [1.807, 2.05) is 35.2 Å². The first-order valence-electron chi connectivity index (χ1n) is 11.3. The van der Waals surface area contributed by atoms with Crippen LogP contribution < -0.4 is 0 Å². The highest BCUT2D eigenvalue weighted by molar-refractivity contribution is 6.01. The molecule has 31 heavy (non-hydrogen) atoms. The molecule has 3 heterocycles. The third kappa shape index (κ3) is 4.21. The zero-order chi connectivity index (χ0) is 22.1. The fourth-order valence-corrected chi connectivity index (χ4v) is 4.88. The first-order chi connectivity index (χ1) is 14.9. The van der Waals surface area contributed by atoms with E-state index in [9.17, 15) is 9.59 Å². The van der Waals surface area contributed by atoms with Crippen LogP contribution in [-0.2, 0) is 9.53 Å². The molecule has 1 aromatic heterocycles. The predicted octanol–water partition coefficient (Wildman–Crippen LogP) is 2.62. The van der Waals surface area contributed by atoms with Gasteiger partial charge in [-0.25, -0.2) is 0 Å². The quantitative estimate of drug-likeness (QED) is 0.754. The number of benzene rings is 1. The maximum atomic E-state index is 13.7. The Morgan fingerprint density at radius 2 is 1.94 bits per heavy atom. The van der Waals surface area contributed by atoms with Gasteiger partial charge in [0.15, 0.2) is 0 Å². The summed E-state index contributed by atoms with van der Waals surface area (Å²) in [6.07, 6.45) is 2.08. The molecule has 7 heteroatoms. The van der Waals surface area contributed by atoms with Crippen molar-refractivity contribution in [3.63, 3.8) is 0 Å². The van der Waals surface area contributed by atoms with Crippen LogP contribution in [0, 0.1) is 0 Å². The molecule has 2 fully saturated rings. The van der Waals surface area contributed by atoms with Crippen molar-refractivity contribution < 1.29 is 14.3 Å². The lowest BCUT2D eigenvalue weighted by atomic mass is 10.0. The number of para-hydroxylation sites is 1. The summed E-state index contributed by atoms with van der Waals surface area (Å²) >= 11 is 0. The van der Waals surface area contributed by atoms with Gasteiger partial charge in [0, 0.05) is 42.6 Å². The van der Waals surface area contributed by atoms with Gasteiger partial charge in [0.2, 0.25) is 5.91 Å². The van der Waals surface area contributed by atoms with Gasteiger partial charge in [-0.15, -0.1) is 0 Å². The van der Waals surface area contributed by atoms with Crippen molar-refractivity contribution in [3.05, 3.63) is 36.0 Å². The molecule has 4 rings (SSSR count). The Morgan fingerprint density at radius 1 is 1.16 bits per heavy atom. The van der Waals surface area contributed by atoms with Crippen LogP contribution in [0.25, 0.3) is 10.9 Å². The van der Waals surface area contributed by atoms with Crippen molar-refractivity contribution >= 4 is 22.7 Å². The predicted molar refractivity (Wildman–Crippen MR) is 121 cm³/mol. The number of rotatable bonds is 4. The summed E-state index contributed by atoms with van der Waals surface area (Å²) in [5.74, 6) is -0.0838. The zero-order valence-corrected chi connectivity index (χ0v) is 19.1. The molecular formula is C24H34N4O3. The van der Waals surface area contributed by atoms with Crippen LogP contribution in [0.1, 0.15) is 43.2 Å². The largest absolute Gasteiger partial charge is 0.377 e. The maximum Gasteiger partial charge on any atom is 0.271 e. The summed E-state index contributed by atoms with van der Waals surface area (Å²) in [6.45, 7) is 6.76. The van der Waals surface area contributed by atoms with Crippen LogP contribution in [0.15, 0.2) is 30.3 Å². The van der Waals surface area contributed by atoms with Crippen LogP contribution >= 0.6 is 0 Å². The minimum absolute atomic E-state index is 0.00630. The molecule has 1 aromatic carbocycles. The third-order valence-corrected chi connectivity index (χ3v) is 6.60. The van der Waals surface area contributed by atoms with Crippen molar-refractivity contribution in [1.29, 1.82) is 0 Å². The van der Waals surface area contributed by atoms with Crippen LogP contribution in [0.4, 0.5) is 0 Å². The van der Waals surface area contributed by atoms with Gasteiger partial charge in [-0.05, 0) is 52.9 Å². The van der Waals surface area contributed by atoms with Crippen LogP contribution in [0.2, 0.25) is 0 Å². The standard InChI is InChI=1S/C24H34N4O3/c1-17(2)28-20-10-6-5-8-18(20)14-21(28)24(30)27-12-13-31-16-22(27)23(29)26-11-7-9-19(15-26)25(3)4/h5-6,8,10,14,17,19,22H,7,9,11-13,15-16H2,1-4H3. The monoisotopic (exact) mass is 426 g/mol. The molecule has 0 bridgehead atoms. The fourth-order valence-electron chi connectivity index (χ4n) is 4.88. The summed E-state index contributed by atoms with van der Waals surface area (Å²) in [5.41, 5.74) is 1.68. The van der Waals surface area contributed by atoms with Crippen molar-refractivity contribution in [1.82, 2.24) is 19.3 Å². The highest BCUT2D eigenvalue weighted by Crippen LogP contribution is 2.27. The summed E-state index contributed by atoms with van der Waals surface area (Å²) in [6, 6.07) is 9.93. The Kier molecular flexibility index (Phi) is 6.34. The van der Waals surface area contributed by atoms with Crippen molar-refractivity contribution in [3.8, 4) is 0 Å². The molecule has 0 saturated carbocycles. The number of nitrogens with zero attached hydrogens (tertiary/aromatic N) is 4. The number of piperidine rings is 1. The van der Waals surface area contributed by atoms with Gasteiger partial charge in [-0.2, -0.15) is 0 Å². The molecule has 2 atom stereocenters. The Balaban J connectivity index is 1.62. The molecule has 2 aliphatic rings. The molecule has 0 radical (unpaired) electrons. The van der Waals surface area contributed by atoms with E-state index in [0.29, 0.717) is 31.4 Å². The number of morpholine rings is 1. The first kappa shape index (κ1) is 21.8. The van der Waals surface area contributed by atoms with Gasteiger partial charge >= 0.3 is 0 Å². The minimum Gasteiger partial charge on any atom is -0.377 e. The van der Waals surface area contributed by atoms with E-state index < -0.39 is 6.04 Å². The Hall–Kier alpha value is -2.38. The second kappa shape index (κ2) is 9.01. The lowest BCUT2D eigenvalue weighted by Crippen LogP contribution is -2.59. The molecule has 0 aliphatic carbocycles. The number of fused-ring (bicyclic) bond motifs is 1. The van der Waals surface area contributed by atoms with Gasteiger partial charge in [0.25, 0.3) is 5.91 Å². The van der Waals surface area contributed by atoms with E-state index >= 15 is 0 Å². The second-order valence-electron chi connectivity index (χ2n) is 9.19. The first-order valence-corrected chi connectivity index (χ1v) is 11.3. The Morgan fingerprint density at radius 3 is 2.68 bits per heavy atom. The Labute approximate surface area is 184 Å². The van der Waals surface area contributed by atoms with E-state index in [1.165, 1.54) is 0 Å². The molecule has 2 aromatic rings. The average Bonchev–Trinajstić information content (AvgIpc) is 3.18. The van der Waals surface area contributed by atoms with E-state index in [4.69, 9.17) is 4.74 Å². The number of carbonyl (C=O) groups excluding carboxylic acids is 2. The van der Waals surface area contributed by atoms with Gasteiger partial charge in [-0.1, -0.05) is 18.2 Å². The van der Waals surface area contributed by atoms with Crippen molar-refractivity contribution in [2.45, 2.75) is 44.8 Å². The number of ether oxygens (including phenoxy) is 1. The summed E-state index contributed by atoms with van der Waals surface area (Å²) in [5, 5.41) is 1.04. The molecule has 0 N–H and O–H groups in total. The summed E-state index contributed by atoms with van der Waals surface area (Å²) < 4.78 is 7.74. The summed E-state index contributed by atoms with van der Waals surface area (Å²) in [4.78, 5) is 33.1. The normalized spacial score (nSPS) is 22.5. The number of hydrogen-bond donors (Lipinski definition) is 0. The SMILES string of the molecule is CC(C)n1c(C(=O)N2CCOCC2C(=O)N2CCCC(N(C)C)C2)cc2ccccc21. The number of likely N-dealkylation sites (tertiary alicyclic amines) is 1. The molecule has 168 valence electrons. The lowest BCUT2D eigenvalue weighted by Gasteiger charge is -2.41. The maximum absolute atomic E-state index is 13.7. The zero-order valence-electron chi connectivity index (χ0n) is 19.1. The molecule has 2 aliphatic heterocycles. The van der Waals surface area contributed by atoms with Crippen molar-refractivity contribution in [2.75, 3.05) is 46.9 Å². The van der Waals surface area contributed by atoms with Gasteiger partial charge < -0.3 is 24.0 Å². The van der Waals surface area contributed by atoms with E-state index in [1.54, 1.807) is 4.90 Å². The lowest BCUT2D eigenvalue weighted by molar-refractivity contribution is -0.143. The fraction of sp³-hybridized carbons (Fsp3) is 0.583. The topological polar surface area (TPSA) is 58.0 Å². The smallest absolute Gasteiger partial charge is 0.271 e. The summed E-state index contributed by atoms with van der Waals surface area (Å²) in [7, 11) is 4.12. The molecule has 2 unspecified atom stereocenters. The van der Waals surface area contributed by atoms with Crippen LogP contribution in [0.3, 0.4) is 0 Å². The second-order valence-corrected chi connectivity index (χ2v) is 9.19. The van der Waals surface area contributed by atoms with Crippen LogP contribution in [-0.4, -0.2) is 90.1 Å². The number of likely N-dealkylation sites (N-methyl/N-ethyl adjacent to an activating group) is 1. The number of aromatic nitrogens is 1. The number of amides is 2. The van der Waals surface area contributed by atoms with Crippen LogP contribution in [0.5, 0.6) is 0 Å². The van der Waals surface area contributed by atoms with Gasteiger partial charge in [0.1, 0.15) is 11.7 Å². The number of hydrogen-bond acceptors (Lipinski definition) is 4. The Bertz CT molecular complexity index is 951. The molecule has 2 saturated heterocycles. The molecule has 7 nitrogen and oxygen atoms in total. The average molecular weight is 427 g/mol. The minimum atomic E-state index is -0.569. The van der Waals surface area contributed by atoms with Gasteiger partial charge in [-0.3, -0.25) is 9.59 Å². The highest BCUT2D eigenvalue weighted by Gasteiger charge is 2.38. The van der Waals surface area contributed by atoms with E-state index in [0.717, 1.165) is 30.3 Å². The molecule has 2 amide bonds. The highest BCUT2D eigenvalue weighted by atomic mass is 16.5.